The maximum atomic E-state index is 13.4. The second kappa shape index (κ2) is 5.53. The fraction of sp³-hybridized carbons (Fsp3) is 0.533. The lowest BCUT2D eigenvalue weighted by Crippen LogP contribution is -2.31. The van der Waals surface area contributed by atoms with Gasteiger partial charge in [-0.2, -0.15) is 0 Å². The van der Waals surface area contributed by atoms with Gasteiger partial charge in [-0.1, -0.05) is 24.6 Å². The molecular weight excluding hydrogens is 259 g/mol. The van der Waals surface area contributed by atoms with Crippen molar-refractivity contribution in [2.75, 3.05) is 11.1 Å². The highest BCUT2D eigenvalue weighted by molar-refractivity contribution is 8.14. The van der Waals surface area contributed by atoms with Crippen LogP contribution in [0.25, 0.3) is 0 Å². The number of aliphatic imine (C=N–C) groups is 1. The van der Waals surface area contributed by atoms with Gasteiger partial charge in [0.25, 0.3) is 0 Å². The first-order chi connectivity index (χ1) is 9.20. The second-order valence-corrected chi connectivity index (χ2v) is 6.51. The number of hydrogen-bond acceptors (Lipinski definition) is 3. The standard InChI is InChI=1S/C15H19FN2S/c1-10-6-12(16)8-13(7-10)17-15-18-14-5-3-2-4-11(14)9-19-15/h6-8,11,14H,2-5,9H2,1H3,(H,17,18). The topological polar surface area (TPSA) is 24.4 Å². The molecule has 1 fully saturated rings. The first-order valence-electron chi connectivity index (χ1n) is 6.95. The Morgan fingerprint density at radius 2 is 2.11 bits per heavy atom. The van der Waals surface area contributed by atoms with Crippen LogP contribution in [0.15, 0.2) is 23.2 Å². The number of thioether (sulfide) groups is 1. The summed E-state index contributed by atoms with van der Waals surface area (Å²) in [7, 11) is 0. The molecule has 102 valence electrons. The summed E-state index contributed by atoms with van der Waals surface area (Å²) in [4.78, 5) is 4.80. The molecule has 0 aromatic heterocycles. The Labute approximate surface area is 117 Å². The van der Waals surface area contributed by atoms with Gasteiger partial charge >= 0.3 is 0 Å². The number of amidine groups is 1. The molecule has 1 aromatic rings. The molecule has 0 amide bonds. The Hall–Kier alpha value is -1.03. The van der Waals surface area contributed by atoms with Crippen molar-refractivity contribution in [3.05, 3.63) is 29.6 Å². The maximum Gasteiger partial charge on any atom is 0.161 e. The Bertz CT molecular complexity index is 481. The third kappa shape index (κ3) is 3.11. The first kappa shape index (κ1) is 13.0. The Balaban J connectivity index is 1.74. The average Bonchev–Trinajstić information content (AvgIpc) is 2.37. The maximum absolute atomic E-state index is 13.4. The number of nitrogens with zero attached hydrogens (tertiary/aromatic N) is 1. The van der Waals surface area contributed by atoms with Crippen molar-refractivity contribution in [2.24, 2.45) is 10.9 Å². The van der Waals surface area contributed by atoms with Crippen molar-refractivity contribution in [2.45, 2.75) is 38.6 Å². The molecule has 3 rings (SSSR count). The summed E-state index contributed by atoms with van der Waals surface area (Å²) in [5.41, 5.74) is 1.73. The van der Waals surface area contributed by atoms with Crippen molar-refractivity contribution in [3.8, 4) is 0 Å². The number of halogens is 1. The number of aryl methyl sites for hydroxylation is 1. The smallest absolute Gasteiger partial charge is 0.161 e. The number of fused-ring (bicyclic) bond motifs is 1. The normalized spacial score (nSPS) is 26.5. The molecular formula is C15H19FN2S. The van der Waals surface area contributed by atoms with Crippen molar-refractivity contribution in [1.82, 2.24) is 0 Å². The molecule has 1 saturated carbocycles. The van der Waals surface area contributed by atoms with Crippen LogP contribution in [0, 0.1) is 18.7 Å². The predicted molar refractivity (Wildman–Crippen MR) is 80.4 cm³/mol. The molecule has 2 aliphatic rings. The van der Waals surface area contributed by atoms with E-state index in [1.54, 1.807) is 11.8 Å². The zero-order chi connectivity index (χ0) is 13.2. The lowest BCUT2D eigenvalue weighted by atomic mass is 9.86. The summed E-state index contributed by atoms with van der Waals surface area (Å²) in [5, 5.41) is 4.22. The predicted octanol–water partition coefficient (Wildman–Crippen LogP) is 4.21. The molecule has 19 heavy (non-hydrogen) atoms. The zero-order valence-electron chi connectivity index (χ0n) is 11.2. The van der Waals surface area contributed by atoms with Crippen molar-refractivity contribution < 1.29 is 4.39 Å². The third-order valence-corrected chi connectivity index (χ3v) is 4.96. The minimum atomic E-state index is -0.195. The molecule has 2 nitrogen and oxygen atoms in total. The summed E-state index contributed by atoms with van der Waals surface area (Å²) < 4.78 is 13.4. The summed E-state index contributed by atoms with van der Waals surface area (Å²) in [6, 6.07) is 5.51. The Kier molecular flexibility index (Phi) is 3.78. The van der Waals surface area contributed by atoms with Gasteiger partial charge in [-0.3, -0.25) is 4.99 Å². The molecule has 2 unspecified atom stereocenters. The van der Waals surface area contributed by atoms with Gasteiger partial charge in [0.2, 0.25) is 0 Å². The number of benzene rings is 1. The highest BCUT2D eigenvalue weighted by atomic mass is 32.2. The van der Waals surface area contributed by atoms with E-state index in [-0.39, 0.29) is 5.82 Å². The van der Waals surface area contributed by atoms with E-state index >= 15 is 0 Å². The quantitative estimate of drug-likeness (QED) is 0.832. The molecule has 0 radical (unpaired) electrons. The second-order valence-electron chi connectivity index (χ2n) is 5.50. The number of nitrogens with one attached hydrogen (secondary N) is 1. The molecule has 2 atom stereocenters. The summed E-state index contributed by atoms with van der Waals surface area (Å²) in [6.07, 6.45) is 5.16. The van der Waals surface area contributed by atoms with E-state index in [0.29, 0.717) is 6.04 Å². The number of rotatable bonds is 1. The minimum absolute atomic E-state index is 0.195. The van der Waals surface area contributed by atoms with Crippen molar-refractivity contribution in [3.63, 3.8) is 0 Å². The lowest BCUT2D eigenvalue weighted by Gasteiger charge is -2.32. The Morgan fingerprint density at radius 1 is 1.26 bits per heavy atom. The van der Waals surface area contributed by atoms with Crippen LogP contribution >= 0.6 is 11.8 Å². The van der Waals surface area contributed by atoms with E-state index < -0.39 is 0 Å². The van der Waals surface area contributed by atoms with E-state index in [2.05, 4.69) is 5.32 Å². The first-order valence-corrected chi connectivity index (χ1v) is 7.94. The molecule has 1 aliphatic heterocycles. The van der Waals surface area contributed by atoms with Gasteiger partial charge in [-0.25, -0.2) is 4.39 Å². The fourth-order valence-corrected chi connectivity index (χ4v) is 4.09. The molecule has 1 heterocycles. The highest BCUT2D eigenvalue weighted by Crippen LogP contribution is 2.34. The van der Waals surface area contributed by atoms with Gasteiger partial charge in [0.1, 0.15) is 5.82 Å². The van der Waals surface area contributed by atoms with Crippen LogP contribution in [0.1, 0.15) is 31.2 Å². The van der Waals surface area contributed by atoms with Gasteiger partial charge in [-0.05, 0) is 49.4 Å². The zero-order valence-corrected chi connectivity index (χ0v) is 12.0. The molecule has 1 N–H and O–H groups in total. The van der Waals surface area contributed by atoms with Gasteiger partial charge < -0.3 is 5.32 Å². The van der Waals surface area contributed by atoms with Crippen LogP contribution in [0.5, 0.6) is 0 Å². The number of anilines is 1. The summed E-state index contributed by atoms with van der Waals surface area (Å²) in [5.74, 6) is 1.70. The van der Waals surface area contributed by atoms with Crippen LogP contribution in [0.2, 0.25) is 0 Å². The lowest BCUT2D eigenvalue weighted by molar-refractivity contribution is 0.336. The molecule has 4 heteroatoms. The SMILES string of the molecule is Cc1cc(F)cc(NC2=NC3CCCCC3CS2)c1. The van der Waals surface area contributed by atoms with Gasteiger partial charge in [-0.15, -0.1) is 0 Å². The molecule has 1 aliphatic carbocycles. The van der Waals surface area contributed by atoms with Crippen LogP contribution in [-0.2, 0) is 0 Å². The van der Waals surface area contributed by atoms with Gasteiger partial charge in [0, 0.05) is 11.4 Å². The van der Waals surface area contributed by atoms with E-state index in [0.717, 1.165) is 28.1 Å². The highest BCUT2D eigenvalue weighted by Gasteiger charge is 2.29. The van der Waals surface area contributed by atoms with Crippen molar-refractivity contribution >= 4 is 22.6 Å². The fourth-order valence-electron chi connectivity index (χ4n) is 2.93. The Morgan fingerprint density at radius 3 is 2.95 bits per heavy atom. The number of hydrogen-bond donors (Lipinski definition) is 1. The van der Waals surface area contributed by atoms with Crippen LogP contribution in [-0.4, -0.2) is 17.0 Å². The summed E-state index contributed by atoms with van der Waals surface area (Å²) >= 11 is 1.77. The van der Waals surface area contributed by atoms with Crippen molar-refractivity contribution in [1.29, 1.82) is 0 Å². The molecule has 0 bridgehead atoms. The molecule has 0 saturated heterocycles. The van der Waals surface area contributed by atoms with Crippen LogP contribution < -0.4 is 5.32 Å². The third-order valence-electron chi connectivity index (χ3n) is 3.88. The van der Waals surface area contributed by atoms with Crippen LogP contribution in [0.4, 0.5) is 10.1 Å². The minimum Gasteiger partial charge on any atom is -0.335 e. The molecule has 1 aromatic carbocycles. The van der Waals surface area contributed by atoms with Gasteiger partial charge in [0.05, 0.1) is 6.04 Å². The van der Waals surface area contributed by atoms with E-state index in [1.165, 1.54) is 37.8 Å². The van der Waals surface area contributed by atoms with E-state index in [1.807, 2.05) is 13.0 Å². The van der Waals surface area contributed by atoms with E-state index in [9.17, 15) is 4.39 Å². The van der Waals surface area contributed by atoms with E-state index in [4.69, 9.17) is 4.99 Å². The largest absolute Gasteiger partial charge is 0.335 e. The van der Waals surface area contributed by atoms with Crippen LogP contribution in [0.3, 0.4) is 0 Å². The molecule has 0 spiro atoms. The monoisotopic (exact) mass is 278 g/mol. The summed E-state index contributed by atoms with van der Waals surface area (Å²) in [6.45, 7) is 1.90. The van der Waals surface area contributed by atoms with Gasteiger partial charge in [0.15, 0.2) is 5.17 Å². The average molecular weight is 278 g/mol.